The van der Waals surface area contributed by atoms with Crippen molar-refractivity contribution in [1.29, 1.82) is 10.8 Å². The Kier molecular flexibility index (Phi) is 5.03. The molecule has 1 aromatic rings. The number of nitrogens with two attached hydrogens (primary N) is 1. The zero-order valence-electron chi connectivity index (χ0n) is 8.68. The third-order valence-corrected chi connectivity index (χ3v) is 2.61. The lowest BCUT2D eigenvalue weighted by Crippen LogP contribution is -2.43. The van der Waals surface area contributed by atoms with E-state index in [0.717, 1.165) is 6.42 Å². The molecule has 0 unspecified atom stereocenters. The van der Waals surface area contributed by atoms with E-state index in [1.165, 1.54) is 9.13 Å². The van der Waals surface area contributed by atoms with Crippen LogP contribution in [-0.4, -0.2) is 18.5 Å². The molecular weight excluding hydrogens is 317 g/mol. The first-order chi connectivity index (χ1) is 7.58. The quantitative estimate of drug-likeness (QED) is 0.323. The molecule has 86 valence electrons. The predicted molar refractivity (Wildman–Crippen MR) is 73.6 cm³/mol. The van der Waals surface area contributed by atoms with Crippen molar-refractivity contribution in [1.82, 2.24) is 10.6 Å². The van der Waals surface area contributed by atoms with Crippen LogP contribution in [0.25, 0.3) is 0 Å². The van der Waals surface area contributed by atoms with Crippen LogP contribution < -0.4 is 16.4 Å². The minimum atomic E-state index is -0.230. The Balaban J connectivity index is 2.28. The van der Waals surface area contributed by atoms with Crippen molar-refractivity contribution in [3.8, 4) is 0 Å². The van der Waals surface area contributed by atoms with E-state index in [1.54, 1.807) is 0 Å². The van der Waals surface area contributed by atoms with Crippen molar-refractivity contribution in [3.05, 3.63) is 33.4 Å². The van der Waals surface area contributed by atoms with Gasteiger partial charge >= 0.3 is 0 Å². The van der Waals surface area contributed by atoms with Crippen LogP contribution in [0.15, 0.2) is 24.3 Å². The molecule has 0 amide bonds. The fourth-order valence-corrected chi connectivity index (χ4v) is 1.52. The molecule has 1 rings (SSSR count). The van der Waals surface area contributed by atoms with Crippen molar-refractivity contribution in [2.45, 2.75) is 6.42 Å². The number of benzene rings is 1. The van der Waals surface area contributed by atoms with Gasteiger partial charge in [0.15, 0.2) is 11.9 Å². The van der Waals surface area contributed by atoms with Crippen LogP contribution in [0.3, 0.4) is 0 Å². The first-order valence-corrected chi connectivity index (χ1v) is 5.83. The first-order valence-electron chi connectivity index (χ1n) is 4.76. The highest BCUT2D eigenvalue weighted by atomic mass is 127. The summed E-state index contributed by atoms with van der Waals surface area (Å²) in [4.78, 5) is 0. The van der Waals surface area contributed by atoms with Gasteiger partial charge in [-0.3, -0.25) is 16.1 Å². The van der Waals surface area contributed by atoms with Crippen LogP contribution in [0.5, 0.6) is 0 Å². The summed E-state index contributed by atoms with van der Waals surface area (Å²) in [6.07, 6.45) is 0.832. The van der Waals surface area contributed by atoms with E-state index >= 15 is 0 Å². The van der Waals surface area contributed by atoms with E-state index in [2.05, 4.69) is 57.5 Å². The highest BCUT2D eigenvalue weighted by Crippen LogP contribution is 2.06. The van der Waals surface area contributed by atoms with Gasteiger partial charge in [0, 0.05) is 10.1 Å². The van der Waals surface area contributed by atoms with Crippen molar-refractivity contribution in [2.24, 2.45) is 5.73 Å². The van der Waals surface area contributed by atoms with E-state index in [9.17, 15) is 0 Å². The molecule has 0 heterocycles. The lowest BCUT2D eigenvalue weighted by atomic mass is 10.1. The molecule has 0 saturated carbocycles. The molecule has 0 spiro atoms. The Hall–Kier alpha value is -1.31. The van der Waals surface area contributed by atoms with E-state index in [0.29, 0.717) is 6.54 Å². The normalized spacial score (nSPS) is 9.56. The average Bonchev–Trinajstić information content (AvgIpc) is 2.20. The van der Waals surface area contributed by atoms with Crippen LogP contribution in [0, 0.1) is 14.4 Å². The van der Waals surface area contributed by atoms with Crippen LogP contribution in [-0.2, 0) is 6.42 Å². The second-order valence-electron chi connectivity index (χ2n) is 3.22. The molecule has 0 atom stereocenters. The summed E-state index contributed by atoms with van der Waals surface area (Å²) >= 11 is 2.26. The minimum Gasteiger partial charge on any atom is -0.370 e. The summed E-state index contributed by atoms with van der Waals surface area (Å²) in [6, 6.07) is 8.22. The molecule has 0 aliphatic carbocycles. The lowest BCUT2D eigenvalue weighted by molar-refractivity contribution is 0.841. The lowest BCUT2D eigenvalue weighted by Gasteiger charge is -2.08. The number of halogens is 1. The molecule has 6 heteroatoms. The number of guanidine groups is 2. The summed E-state index contributed by atoms with van der Waals surface area (Å²) in [5.74, 6) is -0.176. The van der Waals surface area contributed by atoms with E-state index in [1.807, 2.05) is 0 Å². The van der Waals surface area contributed by atoms with Gasteiger partial charge < -0.3 is 11.1 Å². The summed E-state index contributed by atoms with van der Waals surface area (Å²) < 4.78 is 1.21. The van der Waals surface area contributed by atoms with Gasteiger partial charge in [-0.15, -0.1) is 0 Å². The van der Waals surface area contributed by atoms with Crippen LogP contribution >= 0.6 is 22.6 Å². The summed E-state index contributed by atoms with van der Waals surface area (Å²) in [7, 11) is 0. The van der Waals surface area contributed by atoms with Gasteiger partial charge in [0.1, 0.15) is 0 Å². The second-order valence-corrected chi connectivity index (χ2v) is 4.46. The number of hydrogen-bond donors (Lipinski definition) is 5. The molecule has 16 heavy (non-hydrogen) atoms. The third kappa shape index (κ3) is 4.96. The Morgan fingerprint density at radius 3 is 2.44 bits per heavy atom. The highest BCUT2D eigenvalue weighted by molar-refractivity contribution is 14.1. The molecule has 5 nitrogen and oxygen atoms in total. The molecule has 0 aliphatic rings. The van der Waals surface area contributed by atoms with E-state index < -0.39 is 0 Å². The van der Waals surface area contributed by atoms with Gasteiger partial charge in [0.25, 0.3) is 0 Å². The van der Waals surface area contributed by atoms with Gasteiger partial charge in [-0.05, 0) is 46.7 Å². The van der Waals surface area contributed by atoms with Gasteiger partial charge in [-0.2, -0.15) is 0 Å². The molecule has 0 aromatic heterocycles. The Morgan fingerprint density at radius 1 is 1.25 bits per heavy atom. The maximum Gasteiger partial charge on any atom is 0.195 e. The van der Waals surface area contributed by atoms with Gasteiger partial charge in [0.2, 0.25) is 0 Å². The van der Waals surface area contributed by atoms with Gasteiger partial charge in [-0.1, -0.05) is 12.1 Å². The molecule has 0 aliphatic heterocycles. The second kappa shape index (κ2) is 6.31. The molecule has 0 fully saturated rings. The fraction of sp³-hybridized carbons (Fsp3) is 0.200. The molecule has 0 bridgehead atoms. The number of hydrogen-bond acceptors (Lipinski definition) is 2. The maximum absolute atomic E-state index is 7.37. The zero-order chi connectivity index (χ0) is 12.0. The Labute approximate surface area is 108 Å². The smallest absolute Gasteiger partial charge is 0.195 e. The van der Waals surface area contributed by atoms with E-state index in [4.69, 9.17) is 16.6 Å². The molecule has 0 radical (unpaired) electrons. The van der Waals surface area contributed by atoms with Crippen molar-refractivity contribution >= 4 is 34.5 Å². The summed E-state index contributed by atoms with van der Waals surface area (Å²) in [5.41, 5.74) is 6.29. The predicted octanol–water partition coefficient (Wildman–Crippen LogP) is 0.841. The maximum atomic E-state index is 7.37. The zero-order valence-corrected chi connectivity index (χ0v) is 10.8. The molecular formula is C10H14IN5. The monoisotopic (exact) mass is 331 g/mol. The Bertz CT molecular complexity index is 373. The SMILES string of the molecule is N=C(N)NC(=N)NCCc1ccc(I)cc1. The largest absolute Gasteiger partial charge is 0.370 e. The molecule has 1 aromatic carbocycles. The van der Waals surface area contributed by atoms with Crippen molar-refractivity contribution < 1.29 is 0 Å². The number of rotatable bonds is 3. The number of nitrogens with one attached hydrogen (secondary N) is 4. The summed E-state index contributed by atoms with van der Waals surface area (Å²) in [5, 5.41) is 19.5. The minimum absolute atomic E-state index is 0.0537. The first kappa shape index (κ1) is 12.8. The molecule has 6 N–H and O–H groups in total. The topological polar surface area (TPSA) is 97.8 Å². The van der Waals surface area contributed by atoms with Crippen LogP contribution in [0.1, 0.15) is 5.56 Å². The summed E-state index contributed by atoms with van der Waals surface area (Å²) in [6.45, 7) is 0.639. The third-order valence-electron chi connectivity index (χ3n) is 1.89. The van der Waals surface area contributed by atoms with E-state index in [-0.39, 0.29) is 11.9 Å². The van der Waals surface area contributed by atoms with Gasteiger partial charge in [0.05, 0.1) is 0 Å². The van der Waals surface area contributed by atoms with Gasteiger partial charge in [-0.25, -0.2) is 0 Å². The van der Waals surface area contributed by atoms with Crippen LogP contribution in [0.4, 0.5) is 0 Å². The standard InChI is InChI=1S/C10H14IN5/c11-8-3-1-7(2-4-8)5-6-15-10(14)16-9(12)13/h1-4H,5-6H2,(H6,12,13,14,15,16). The Morgan fingerprint density at radius 2 is 1.88 bits per heavy atom. The average molecular weight is 331 g/mol. The van der Waals surface area contributed by atoms with Crippen molar-refractivity contribution in [3.63, 3.8) is 0 Å². The highest BCUT2D eigenvalue weighted by Gasteiger charge is 1.97. The van der Waals surface area contributed by atoms with Crippen molar-refractivity contribution in [2.75, 3.05) is 6.54 Å². The molecule has 0 saturated heterocycles. The fourth-order valence-electron chi connectivity index (χ4n) is 1.16. The van der Waals surface area contributed by atoms with Crippen LogP contribution in [0.2, 0.25) is 0 Å².